The summed E-state index contributed by atoms with van der Waals surface area (Å²) in [5, 5.41) is 0. The molecule has 0 bridgehead atoms. The van der Waals surface area contributed by atoms with Crippen molar-refractivity contribution in [2.45, 2.75) is 18.4 Å². The molecule has 0 aromatic heterocycles. The Morgan fingerprint density at radius 1 is 1.50 bits per heavy atom. The number of nitrogens with two attached hydrogens (primary N) is 1. The maximum Gasteiger partial charge on any atom is 0.124 e. The highest BCUT2D eigenvalue weighted by Crippen LogP contribution is 2.34. The molecule has 1 fully saturated rings. The van der Waals surface area contributed by atoms with Gasteiger partial charge in [-0.05, 0) is 31.0 Å². The Morgan fingerprint density at radius 3 is 2.94 bits per heavy atom. The van der Waals surface area contributed by atoms with Gasteiger partial charge in [0.05, 0.1) is 19.3 Å². The predicted molar refractivity (Wildman–Crippen MR) is 58.9 cm³/mol. The molecular weight excluding hydrogens is 209 g/mol. The molecule has 2 rings (SSSR count). The van der Waals surface area contributed by atoms with E-state index in [1.807, 2.05) is 0 Å². The molecule has 1 unspecified atom stereocenters. The Labute approximate surface area is 94.3 Å². The second kappa shape index (κ2) is 4.39. The lowest BCUT2D eigenvalue weighted by Crippen LogP contribution is -2.44. The molecule has 2 N–H and O–H groups in total. The molecule has 1 aromatic carbocycles. The number of halogens is 1. The van der Waals surface area contributed by atoms with Gasteiger partial charge in [0, 0.05) is 12.2 Å². The van der Waals surface area contributed by atoms with Crippen molar-refractivity contribution in [2.24, 2.45) is 5.73 Å². The summed E-state index contributed by atoms with van der Waals surface area (Å²) < 4.78 is 23.8. The van der Waals surface area contributed by atoms with Crippen LogP contribution in [0.25, 0.3) is 0 Å². The number of methoxy groups -OCH3 is 1. The van der Waals surface area contributed by atoms with Gasteiger partial charge in [-0.25, -0.2) is 4.39 Å². The second-order valence-electron chi connectivity index (χ2n) is 4.16. The van der Waals surface area contributed by atoms with Gasteiger partial charge in [-0.1, -0.05) is 0 Å². The minimum Gasteiger partial charge on any atom is -0.496 e. The molecule has 0 spiro atoms. The fourth-order valence-electron chi connectivity index (χ4n) is 2.10. The maximum absolute atomic E-state index is 13.3. The van der Waals surface area contributed by atoms with Gasteiger partial charge in [0.1, 0.15) is 11.6 Å². The molecule has 88 valence electrons. The van der Waals surface area contributed by atoms with Crippen molar-refractivity contribution in [3.63, 3.8) is 0 Å². The number of rotatable bonds is 2. The van der Waals surface area contributed by atoms with Crippen molar-refractivity contribution < 1.29 is 13.9 Å². The van der Waals surface area contributed by atoms with Gasteiger partial charge in [-0.3, -0.25) is 0 Å². The van der Waals surface area contributed by atoms with Crippen LogP contribution in [0.1, 0.15) is 18.4 Å². The normalized spacial score (nSPS) is 25.4. The summed E-state index contributed by atoms with van der Waals surface area (Å²) in [5.41, 5.74) is 6.31. The number of hydrogen-bond donors (Lipinski definition) is 1. The van der Waals surface area contributed by atoms with Crippen molar-refractivity contribution in [1.82, 2.24) is 0 Å². The molecule has 1 heterocycles. The lowest BCUT2D eigenvalue weighted by atomic mass is 9.85. The SMILES string of the molecule is COc1ccc(F)cc1C1(N)CCCOC1. The van der Waals surface area contributed by atoms with Crippen molar-refractivity contribution in [3.05, 3.63) is 29.6 Å². The van der Waals surface area contributed by atoms with E-state index in [1.54, 1.807) is 13.2 Å². The third kappa shape index (κ3) is 2.03. The molecule has 1 aliphatic rings. The van der Waals surface area contributed by atoms with Crippen molar-refractivity contribution >= 4 is 0 Å². The van der Waals surface area contributed by atoms with E-state index in [1.165, 1.54) is 12.1 Å². The largest absolute Gasteiger partial charge is 0.496 e. The van der Waals surface area contributed by atoms with Crippen molar-refractivity contribution in [1.29, 1.82) is 0 Å². The Hall–Kier alpha value is -1.13. The topological polar surface area (TPSA) is 44.5 Å². The third-order valence-corrected chi connectivity index (χ3v) is 2.97. The molecule has 0 radical (unpaired) electrons. The fourth-order valence-corrected chi connectivity index (χ4v) is 2.10. The molecule has 1 aromatic rings. The zero-order chi connectivity index (χ0) is 11.6. The van der Waals surface area contributed by atoms with E-state index in [-0.39, 0.29) is 5.82 Å². The van der Waals surface area contributed by atoms with Crippen LogP contribution in [0.3, 0.4) is 0 Å². The summed E-state index contributed by atoms with van der Waals surface area (Å²) in [5.74, 6) is 0.320. The summed E-state index contributed by atoms with van der Waals surface area (Å²) in [6.07, 6.45) is 1.67. The molecular formula is C12H16FNO2. The molecule has 0 saturated carbocycles. The van der Waals surface area contributed by atoms with Crippen LogP contribution in [-0.4, -0.2) is 20.3 Å². The van der Waals surface area contributed by atoms with Crippen LogP contribution < -0.4 is 10.5 Å². The van der Waals surface area contributed by atoms with Gasteiger partial charge < -0.3 is 15.2 Å². The highest BCUT2D eigenvalue weighted by Gasteiger charge is 2.33. The van der Waals surface area contributed by atoms with Crippen molar-refractivity contribution in [3.8, 4) is 5.75 Å². The summed E-state index contributed by atoms with van der Waals surface area (Å²) in [4.78, 5) is 0. The average molecular weight is 225 g/mol. The lowest BCUT2D eigenvalue weighted by molar-refractivity contribution is 0.0355. The van der Waals surface area contributed by atoms with E-state index in [0.717, 1.165) is 19.4 Å². The Bertz CT molecular complexity index is 375. The van der Waals surface area contributed by atoms with Crippen LogP contribution in [0, 0.1) is 5.82 Å². The van der Waals surface area contributed by atoms with E-state index >= 15 is 0 Å². The quantitative estimate of drug-likeness (QED) is 0.834. The molecule has 16 heavy (non-hydrogen) atoms. The monoisotopic (exact) mass is 225 g/mol. The molecule has 0 aliphatic carbocycles. The number of ether oxygens (including phenoxy) is 2. The molecule has 1 aliphatic heterocycles. The van der Waals surface area contributed by atoms with Gasteiger partial charge in [-0.15, -0.1) is 0 Å². The molecule has 4 heteroatoms. The lowest BCUT2D eigenvalue weighted by Gasteiger charge is -2.34. The smallest absolute Gasteiger partial charge is 0.124 e. The van der Waals surface area contributed by atoms with E-state index in [9.17, 15) is 4.39 Å². The van der Waals surface area contributed by atoms with E-state index < -0.39 is 5.54 Å². The van der Waals surface area contributed by atoms with Crippen LogP contribution in [0.2, 0.25) is 0 Å². The first-order valence-corrected chi connectivity index (χ1v) is 5.36. The predicted octanol–water partition coefficient (Wildman–Crippen LogP) is 1.80. The standard InChI is InChI=1S/C12H16FNO2/c1-15-11-4-3-9(13)7-10(11)12(14)5-2-6-16-8-12/h3-4,7H,2,5-6,8,14H2,1H3. The summed E-state index contributed by atoms with van der Waals surface area (Å²) in [7, 11) is 1.56. The maximum atomic E-state index is 13.3. The number of benzene rings is 1. The zero-order valence-corrected chi connectivity index (χ0v) is 9.33. The van der Waals surface area contributed by atoms with E-state index in [4.69, 9.17) is 15.2 Å². The summed E-state index contributed by atoms with van der Waals surface area (Å²) >= 11 is 0. The summed E-state index contributed by atoms with van der Waals surface area (Å²) in [6.45, 7) is 1.13. The fraction of sp³-hybridized carbons (Fsp3) is 0.500. The highest BCUT2D eigenvalue weighted by molar-refractivity contribution is 5.39. The highest BCUT2D eigenvalue weighted by atomic mass is 19.1. The van der Waals surface area contributed by atoms with E-state index in [0.29, 0.717) is 17.9 Å². The average Bonchev–Trinajstić information content (AvgIpc) is 2.30. The minimum absolute atomic E-state index is 0.300. The van der Waals surface area contributed by atoms with Gasteiger partial charge in [0.25, 0.3) is 0 Å². The van der Waals surface area contributed by atoms with Gasteiger partial charge >= 0.3 is 0 Å². The molecule has 3 nitrogen and oxygen atoms in total. The molecule has 0 amide bonds. The molecule has 1 saturated heterocycles. The van der Waals surface area contributed by atoms with Gasteiger partial charge in [-0.2, -0.15) is 0 Å². The van der Waals surface area contributed by atoms with Gasteiger partial charge in [0.2, 0.25) is 0 Å². The van der Waals surface area contributed by atoms with Crippen LogP contribution in [0.5, 0.6) is 5.75 Å². The Morgan fingerprint density at radius 2 is 2.31 bits per heavy atom. The summed E-state index contributed by atoms with van der Waals surface area (Å²) in [6, 6.07) is 4.41. The van der Waals surface area contributed by atoms with Crippen molar-refractivity contribution in [2.75, 3.05) is 20.3 Å². The third-order valence-electron chi connectivity index (χ3n) is 2.97. The van der Waals surface area contributed by atoms with Crippen LogP contribution >= 0.6 is 0 Å². The van der Waals surface area contributed by atoms with Crippen LogP contribution in [-0.2, 0) is 10.3 Å². The first-order valence-electron chi connectivity index (χ1n) is 5.36. The number of hydrogen-bond acceptors (Lipinski definition) is 3. The van der Waals surface area contributed by atoms with Crippen LogP contribution in [0.4, 0.5) is 4.39 Å². The Kier molecular flexibility index (Phi) is 3.12. The zero-order valence-electron chi connectivity index (χ0n) is 9.33. The van der Waals surface area contributed by atoms with E-state index in [2.05, 4.69) is 0 Å². The minimum atomic E-state index is -0.633. The van der Waals surface area contributed by atoms with Gasteiger partial charge in [0.15, 0.2) is 0 Å². The van der Waals surface area contributed by atoms with Crippen LogP contribution in [0.15, 0.2) is 18.2 Å². The first-order chi connectivity index (χ1) is 7.65. The molecule has 1 atom stereocenters. The Balaban J connectivity index is 2.40. The second-order valence-corrected chi connectivity index (χ2v) is 4.16. The first kappa shape index (κ1) is 11.4.